The van der Waals surface area contributed by atoms with E-state index in [1.165, 1.54) is 12.1 Å². The summed E-state index contributed by atoms with van der Waals surface area (Å²) in [6.07, 6.45) is 3.52. The largest absolute Gasteiger partial charge is 0.481 e. The first kappa shape index (κ1) is 35.3. The quantitative estimate of drug-likeness (QED) is 0.221. The number of hydrogen-bond donors (Lipinski definition) is 1. The molecule has 0 radical (unpaired) electrons. The highest BCUT2D eigenvalue weighted by Gasteiger charge is 2.58. The number of carbonyl (C=O) groups is 1. The fraction of sp³-hybridized carbons (Fsp3) is 0.528. The standard InChI is InChI=1S/C36H52FNO5Si2/c1-23(2)38-33-14-12-11-13-32(33)36(28-15-17-29(37)18-16-28)34(38)20-19-30-21-31(22-35(39)40)42-45(26(7)8,27(9)10)43-44(41-30,24(3)4)25(5)6/h11-20,23-27,30-31H,21-22H2,1-10H3,(H,39,40)/b20-19+. The van der Waals surface area contributed by atoms with Gasteiger partial charge in [0.2, 0.25) is 0 Å². The summed E-state index contributed by atoms with van der Waals surface area (Å²) in [6.45, 7) is 21.6. The van der Waals surface area contributed by atoms with Gasteiger partial charge in [0.05, 0.1) is 18.6 Å². The molecule has 3 aromatic rings. The SMILES string of the molecule is CC(C)n1c(/C=C/C2CC(CC(=O)O)O[Si](C(C)C)(C(C)C)O[Si](C(C)C)(C(C)C)O2)c(-c2ccc(F)cc2)c2ccccc21. The molecule has 1 aliphatic rings. The number of aliphatic carboxylic acids is 1. The predicted molar refractivity (Wildman–Crippen MR) is 186 cm³/mol. The minimum absolute atomic E-state index is 0.115. The van der Waals surface area contributed by atoms with Gasteiger partial charge in [-0.05, 0) is 65.9 Å². The number of benzene rings is 2. The number of para-hydroxylation sites is 1. The molecule has 1 saturated heterocycles. The topological polar surface area (TPSA) is 69.9 Å². The zero-order valence-electron chi connectivity index (χ0n) is 28.6. The average Bonchev–Trinajstić information content (AvgIpc) is 3.27. The number of hydrogen-bond acceptors (Lipinski definition) is 4. The summed E-state index contributed by atoms with van der Waals surface area (Å²) in [6, 6.07) is 15.1. The van der Waals surface area contributed by atoms with Gasteiger partial charge in [0.15, 0.2) is 0 Å². The highest BCUT2D eigenvalue weighted by molar-refractivity contribution is 6.84. The van der Waals surface area contributed by atoms with Gasteiger partial charge in [-0.25, -0.2) is 4.39 Å². The maximum atomic E-state index is 14.0. The Balaban J connectivity index is 1.91. The minimum Gasteiger partial charge on any atom is -0.481 e. The van der Waals surface area contributed by atoms with Crippen molar-refractivity contribution in [1.82, 2.24) is 4.57 Å². The third-order valence-electron chi connectivity index (χ3n) is 9.19. The Kier molecular flexibility index (Phi) is 11.0. The number of carboxylic acid groups (broad SMARTS) is 1. The second kappa shape index (κ2) is 14.1. The van der Waals surface area contributed by atoms with Gasteiger partial charge in [-0.2, -0.15) is 0 Å². The number of halogens is 1. The van der Waals surface area contributed by atoms with Crippen LogP contribution in [-0.4, -0.2) is 45.0 Å². The van der Waals surface area contributed by atoms with E-state index in [0.717, 1.165) is 27.7 Å². The molecule has 0 spiro atoms. The van der Waals surface area contributed by atoms with Crippen molar-refractivity contribution >= 4 is 40.1 Å². The molecule has 2 heterocycles. The molecule has 1 fully saturated rings. The summed E-state index contributed by atoms with van der Waals surface area (Å²) in [7, 11) is -5.83. The van der Waals surface area contributed by atoms with Crippen LogP contribution in [0.1, 0.15) is 93.8 Å². The molecular weight excluding hydrogens is 602 g/mol. The van der Waals surface area contributed by atoms with Crippen LogP contribution in [0.4, 0.5) is 4.39 Å². The van der Waals surface area contributed by atoms with E-state index in [1.54, 1.807) is 0 Å². The summed E-state index contributed by atoms with van der Waals surface area (Å²) in [5, 5.41) is 11.0. The molecule has 2 atom stereocenters. The molecule has 0 aliphatic carbocycles. The molecule has 2 aromatic carbocycles. The minimum atomic E-state index is -2.92. The Bertz CT molecular complexity index is 1480. The van der Waals surface area contributed by atoms with Gasteiger partial charge in [-0.15, -0.1) is 0 Å². The van der Waals surface area contributed by atoms with Crippen molar-refractivity contribution < 1.29 is 27.3 Å². The lowest BCUT2D eigenvalue weighted by atomic mass is 10.0. The van der Waals surface area contributed by atoms with Crippen LogP contribution in [0.5, 0.6) is 0 Å². The fourth-order valence-electron chi connectivity index (χ4n) is 7.06. The fourth-order valence-corrected chi connectivity index (χ4v) is 18.3. The molecule has 0 amide bonds. The summed E-state index contributed by atoms with van der Waals surface area (Å²) < 4.78 is 37.9. The Hall–Kier alpha value is -2.57. The maximum absolute atomic E-state index is 14.0. The Morgan fingerprint density at radius 3 is 1.98 bits per heavy atom. The van der Waals surface area contributed by atoms with Crippen molar-refractivity contribution in [3.05, 3.63) is 66.1 Å². The molecule has 1 aliphatic heterocycles. The zero-order valence-corrected chi connectivity index (χ0v) is 30.6. The lowest BCUT2D eigenvalue weighted by molar-refractivity contribution is -0.139. The van der Waals surface area contributed by atoms with Gasteiger partial charge in [0.1, 0.15) is 5.82 Å². The number of rotatable bonds is 10. The van der Waals surface area contributed by atoms with Crippen molar-refractivity contribution in [3.63, 3.8) is 0 Å². The van der Waals surface area contributed by atoms with Crippen LogP contribution in [-0.2, 0) is 17.8 Å². The first-order chi connectivity index (χ1) is 21.1. The first-order valence-corrected chi connectivity index (χ1v) is 20.4. The molecule has 6 nitrogen and oxygen atoms in total. The average molecular weight is 654 g/mol. The van der Waals surface area contributed by atoms with Gasteiger partial charge in [-0.3, -0.25) is 4.79 Å². The Morgan fingerprint density at radius 1 is 0.889 bits per heavy atom. The molecule has 1 aromatic heterocycles. The third-order valence-corrected chi connectivity index (χ3v) is 19.6. The van der Waals surface area contributed by atoms with Gasteiger partial charge >= 0.3 is 23.1 Å². The second-order valence-corrected chi connectivity index (χ2v) is 22.8. The van der Waals surface area contributed by atoms with Crippen molar-refractivity contribution in [1.29, 1.82) is 0 Å². The number of nitrogens with zero attached hydrogens (tertiary/aromatic N) is 1. The highest BCUT2D eigenvalue weighted by atomic mass is 28.5. The van der Waals surface area contributed by atoms with Crippen LogP contribution in [0.25, 0.3) is 28.1 Å². The van der Waals surface area contributed by atoms with Gasteiger partial charge in [-0.1, -0.05) is 91.8 Å². The predicted octanol–water partition coefficient (Wildman–Crippen LogP) is 10.2. The van der Waals surface area contributed by atoms with Gasteiger partial charge in [0.25, 0.3) is 0 Å². The van der Waals surface area contributed by atoms with Crippen LogP contribution in [0.3, 0.4) is 0 Å². The van der Waals surface area contributed by atoms with E-state index < -0.39 is 35.3 Å². The van der Waals surface area contributed by atoms with Gasteiger partial charge in [0, 0.05) is 34.6 Å². The lowest BCUT2D eigenvalue weighted by Gasteiger charge is -2.52. The molecular formula is C36H52FNO5Si2. The van der Waals surface area contributed by atoms with E-state index in [4.69, 9.17) is 13.0 Å². The molecule has 4 rings (SSSR count). The molecule has 246 valence electrons. The lowest BCUT2D eigenvalue weighted by Crippen LogP contribution is -2.64. The van der Waals surface area contributed by atoms with E-state index in [2.05, 4.69) is 98.1 Å². The number of carboxylic acids is 1. The molecule has 2 unspecified atom stereocenters. The molecule has 0 saturated carbocycles. The maximum Gasteiger partial charge on any atom is 0.335 e. The highest BCUT2D eigenvalue weighted by Crippen LogP contribution is 2.47. The molecule has 1 N–H and O–H groups in total. The first-order valence-electron chi connectivity index (χ1n) is 16.5. The summed E-state index contributed by atoms with van der Waals surface area (Å²) in [5.41, 5.74) is 4.58. The third kappa shape index (κ3) is 7.07. The summed E-state index contributed by atoms with van der Waals surface area (Å²) >= 11 is 0. The van der Waals surface area contributed by atoms with Crippen LogP contribution in [0.15, 0.2) is 54.6 Å². The normalized spacial score (nSPS) is 20.6. The van der Waals surface area contributed by atoms with Crippen molar-refractivity contribution in [2.75, 3.05) is 0 Å². The second-order valence-electron chi connectivity index (χ2n) is 14.0. The Morgan fingerprint density at radius 2 is 1.44 bits per heavy atom. The monoisotopic (exact) mass is 653 g/mol. The van der Waals surface area contributed by atoms with E-state index >= 15 is 0 Å². The van der Waals surface area contributed by atoms with Crippen molar-refractivity contribution in [2.45, 2.75) is 122 Å². The van der Waals surface area contributed by atoms with E-state index in [0.29, 0.717) is 6.42 Å². The molecule has 9 heteroatoms. The van der Waals surface area contributed by atoms with Crippen molar-refractivity contribution in [3.8, 4) is 11.1 Å². The summed E-state index contributed by atoms with van der Waals surface area (Å²) in [4.78, 5) is 12.1. The number of fused-ring (bicyclic) bond motifs is 1. The summed E-state index contributed by atoms with van der Waals surface area (Å²) in [5.74, 6) is -1.17. The van der Waals surface area contributed by atoms with Crippen LogP contribution in [0, 0.1) is 5.82 Å². The van der Waals surface area contributed by atoms with Gasteiger partial charge < -0.3 is 22.6 Å². The van der Waals surface area contributed by atoms with Crippen LogP contribution < -0.4 is 0 Å². The van der Waals surface area contributed by atoms with Crippen molar-refractivity contribution in [2.24, 2.45) is 0 Å². The van der Waals surface area contributed by atoms with E-state index in [9.17, 15) is 14.3 Å². The van der Waals surface area contributed by atoms with Crippen LogP contribution in [0.2, 0.25) is 22.2 Å². The smallest absolute Gasteiger partial charge is 0.335 e. The van der Waals surface area contributed by atoms with Crippen LogP contribution >= 0.6 is 0 Å². The van der Waals surface area contributed by atoms with E-state index in [1.807, 2.05) is 24.3 Å². The molecule has 0 bridgehead atoms. The zero-order chi connectivity index (χ0) is 33.3. The Labute approximate surface area is 271 Å². The molecule has 45 heavy (non-hydrogen) atoms. The van der Waals surface area contributed by atoms with E-state index in [-0.39, 0.29) is 40.4 Å². The number of aromatic nitrogens is 1.